The van der Waals surface area contributed by atoms with Crippen LogP contribution in [0.2, 0.25) is 0 Å². The van der Waals surface area contributed by atoms with E-state index in [0.29, 0.717) is 0 Å². The van der Waals surface area contributed by atoms with Gasteiger partial charge in [0.15, 0.2) is 0 Å². The van der Waals surface area contributed by atoms with Gasteiger partial charge in [0.25, 0.3) is 0 Å². The van der Waals surface area contributed by atoms with E-state index in [1.54, 1.807) is 0 Å². The van der Waals surface area contributed by atoms with Gasteiger partial charge in [0.2, 0.25) is 7.28 Å². The van der Waals surface area contributed by atoms with Crippen molar-refractivity contribution in [1.82, 2.24) is 4.98 Å². The molecule has 3 aliphatic rings. The minimum atomic E-state index is 0.0326. The molecule has 2 aliphatic carbocycles. The summed E-state index contributed by atoms with van der Waals surface area (Å²) in [7, 11) is 2.34. The topological polar surface area (TPSA) is 45.3 Å². The van der Waals surface area contributed by atoms with Gasteiger partial charge < -0.3 is 18.7 Å². The Morgan fingerprint density at radius 2 is 1.16 bits per heavy atom. The van der Waals surface area contributed by atoms with Gasteiger partial charge >= 0.3 is 0 Å². The SMILES string of the molecule is CC1(C)CCC(C)(C)c2cc(N3c4cc5oc6ccccc6c5c(-c5cccc6c5[nH]c5c7ccccc7ccc65)c4[B]c4oc5cc6c(cc5c43)C(C)(C)CCC6(C)C)ccc21. The van der Waals surface area contributed by atoms with Gasteiger partial charge in [-0.25, -0.2) is 0 Å². The van der Waals surface area contributed by atoms with Crippen LogP contribution in [-0.2, 0) is 21.7 Å². The zero-order valence-corrected chi connectivity index (χ0v) is 37.6. The largest absolute Gasteiger partial charge is 0.469 e. The lowest BCUT2D eigenvalue weighted by molar-refractivity contribution is 0.332. The third-order valence-corrected chi connectivity index (χ3v) is 16.0. The monoisotopic (exact) mass is 819 g/mol. The first kappa shape index (κ1) is 37.4. The zero-order chi connectivity index (χ0) is 42.9. The summed E-state index contributed by atoms with van der Waals surface area (Å²) >= 11 is 0. The third kappa shape index (κ3) is 5.11. The van der Waals surface area contributed by atoms with E-state index in [9.17, 15) is 0 Å². The van der Waals surface area contributed by atoms with Gasteiger partial charge in [-0.3, -0.25) is 0 Å². The Bertz CT molecular complexity index is 3630. The highest BCUT2D eigenvalue weighted by Crippen LogP contribution is 2.53. The summed E-state index contributed by atoms with van der Waals surface area (Å²) in [5, 5.41) is 8.26. The second-order valence-corrected chi connectivity index (χ2v) is 21.7. The lowest BCUT2D eigenvalue weighted by atomic mass is 9.60. The predicted molar refractivity (Wildman–Crippen MR) is 266 cm³/mol. The molecule has 7 aromatic carbocycles. The molecule has 0 saturated carbocycles. The third-order valence-electron chi connectivity index (χ3n) is 16.0. The molecule has 1 radical (unpaired) electrons. The minimum absolute atomic E-state index is 0.0326. The number of aromatic nitrogens is 1. The van der Waals surface area contributed by atoms with Crippen molar-refractivity contribution in [3.8, 4) is 11.1 Å². The Labute approximate surface area is 369 Å². The van der Waals surface area contributed by atoms with Crippen LogP contribution in [-0.4, -0.2) is 12.3 Å². The van der Waals surface area contributed by atoms with E-state index >= 15 is 0 Å². The van der Waals surface area contributed by atoms with Crippen LogP contribution in [0.3, 0.4) is 0 Å². The normalized spacial score (nSPS) is 18.2. The van der Waals surface area contributed by atoms with E-state index in [1.807, 2.05) is 0 Å². The lowest BCUT2D eigenvalue weighted by Gasteiger charge is -2.43. The first-order chi connectivity index (χ1) is 30.2. The smallest absolute Gasteiger partial charge is 0.247 e. The summed E-state index contributed by atoms with van der Waals surface area (Å²) < 4.78 is 14.2. The molecule has 0 unspecified atom stereocenters. The maximum atomic E-state index is 7.24. The Balaban J connectivity index is 1.16. The van der Waals surface area contributed by atoms with Crippen molar-refractivity contribution in [2.45, 2.75) is 103 Å². The highest BCUT2D eigenvalue weighted by Gasteiger charge is 2.42. The second kappa shape index (κ2) is 12.3. The van der Waals surface area contributed by atoms with Crippen molar-refractivity contribution in [3.63, 3.8) is 0 Å². The number of anilines is 3. The van der Waals surface area contributed by atoms with Gasteiger partial charge in [-0.2, -0.15) is 0 Å². The van der Waals surface area contributed by atoms with Crippen LogP contribution in [0, 0.1) is 0 Å². The Kier molecular flexibility index (Phi) is 7.29. The first-order valence-electron chi connectivity index (χ1n) is 23.0. The molecule has 63 heavy (non-hydrogen) atoms. The maximum absolute atomic E-state index is 7.24. The molecule has 0 amide bonds. The molecule has 5 heteroatoms. The number of para-hydroxylation sites is 2. The predicted octanol–water partition coefficient (Wildman–Crippen LogP) is 14.9. The van der Waals surface area contributed by atoms with Crippen LogP contribution in [0.15, 0.2) is 124 Å². The number of H-pyrrole nitrogens is 1. The highest BCUT2D eigenvalue weighted by molar-refractivity contribution is 6.73. The van der Waals surface area contributed by atoms with Crippen LogP contribution in [0.25, 0.3) is 76.6 Å². The maximum Gasteiger partial charge on any atom is 0.247 e. The number of nitrogens with zero attached hydrogens (tertiary/aromatic N) is 1. The summed E-state index contributed by atoms with van der Waals surface area (Å²) in [4.78, 5) is 6.52. The Morgan fingerprint density at radius 1 is 0.508 bits per heavy atom. The summed E-state index contributed by atoms with van der Waals surface area (Å²) in [6, 6.07) is 43.0. The number of hydrogen-bond acceptors (Lipinski definition) is 3. The van der Waals surface area contributed by atoms with Crippen molar-refractivity contribution < 1.29 is 8.83 Å². The molecule has 0 spiro atoms. The minimum Gasteiger partial charge on any atom is -0.469 e. The van der Waals surface area contributed by atoms with Crippen LogP contribution in [0.1, 0.15) is 103 Å². The van der Waals surface area contributed by atoms with Crippen molar-refractivity contribution in [1.29, 1.82) is 0 Å². The van der Waals surface area contributed by atoms with E-state index < -0.39 is 0 Å². The first-order valence-corrected chi connectivity index (χ1v) is 23.0. The quantitative estimate of drug-likeness (QED) is 0.177. The standard InChI is InChI=1S/C58H52BN2O2/c1-55(2)24-25-56(3,4)41-28-33(21-23-40(41)55)61-44-31-47-48(37-16-11-12-19-45(37)62-47)49(38-18-13-17-35-36-22-20-32-14-9-10-15-34(32)51(36)60-52(35)38)50(44)59-54-53(61)39-29-42-43(30-46(39)63-54)58(7,8)27-26-57(42,5)6/h9-23,28-31,60H,24-27H2,1-8H3. The van der Waals surface area contributed by atoms with Gasteiger partial charge in [0.1, 0.15) is 16.7 Å². The second-order valence-electron chi connectivity index (χ2n) is 21.7. The number of aromatic amines is 1. The van der Waals surface area contributed by atoms with E-state index in [1.165, 1.54) is 50.2 Å². The molecule has 4 heterocycles. The fourth-order valence-electron chi connectivity index (χ4n) is 12.1. The van der Waals surface area contributed by atoms with Crippen molar-refractivity contribution >= 4 is 101 Å². The van der Waals surface area contributed by atoms with Gasteiger partial charge in [-0.1, -0.05) is 134 Å². The molecule has 0 atom stereocenters. The van der Waals surface area contributed by atoms with E-state index in [4.69, 9.17) is 8.83 Å². The summed E-state index contributed by atoms with van der Waals surface area (Å²) in [6.45, 7) is 19.3. The van der Waals surface area contributed by atoms with Gasteiger partial charge in [-0.05, 0) is 116 Å². The average molecular weight is 820 g/mol. The van der Waals surface area contributed by atoms with E-state index in [-0.39, 0.29) is 21.7 Å². The molecule has 0 bridgehead atoms. The van der Waals surface area contributed by atoms with E-state index in [0.717, 1.165) is 103 Å². The van der Waals surface area contributed by atoms with Crippen molar-refractivity contribution in [3.05, 3.63) is 138 Å². The van der Waals surface area contributed by atoms with E-state index in [2.05, 4.69) is 188 Å². The van der Waals surface area contributed by atoms with Gasteiger partial charge in [0.05, 0.1) is 22.4 Å². The van der Waals surface area contributed by atoms with Crippen molar-refractivity contribution in [2.24, 2.45) is 0 Å². The molecule has 4 nitrogen and oxygen atoms in total. The molecular formula is C58H52BN2O2. The summed E-state index contributed by atoms with van der Waals surface area (Å²) in [5.41, 5.74) is 18.6. The fourth-order valence-corrected chi connectivity index (χ4v) is 12.1. The number of fused-ring (bicyclic) bond motifs is 14. The van der Waals surface area contributed by atoms with Gasteiger partial charge in [-0.15, -0.1) is 0 Å². The number of nitrogens with one attached hydrogen (secondary N) is 1. The molecule has 1 N–H and O–H groups in total. The van der Waals surface area contributed by atoms with Crippen LogP contribution < -0.4 is 16.0 Å². The number of hydrogen-bond donors (Lipinski definition) is 1. The van der Waals surface area contributed by atoms with Gasteiger partial charge in [0, 0.05) is 55.3 Å². The molecule has 3 aromatic heterocycles. The van der Waals surface area contributed by atoms with Crippen LogP contribution >= 0.6 is 0 Å². The Hall–Kier alpha value is -6.20. The molecule has 13 rings (SSSR count). The summed E-state index contributed by atoms with van der Waals surface area (Å²) in [6.07, 6.45) is 4.61. The highest BCUT2D eigenvalue weighted by atomic mass is 16.3. The lowest BCUT2D eigenvalue weighted by Crippen LogP contribution is -2.40. The molecule has 0 saturated heterocycles. The summed E-state index contributed by atoms with van der Waals surface area (Å²) in [5.74, 6) is 0. The number of rotatable bonds is 2. The van der Waals surface area contributed by atoms with Crippen molar-refractivity contribution in [2.75, 3.05) is 4.90 Å². The number of benzene rings is 7. The Morgan fingerprint density at radius 3 is 1.94 bits per heavy atom. The average Bonchev–Trinajstić information content (AvgIpc) is 3.96. The molecule has 10 aromatic rings. The zero-order valence-electron chi connectivity index (χ0n) is 37.6. The molecule has 1 aliphatic heterocycles. The number of furan rings is 2. The fraction of sp³-hybridized carbons (Fsp3) is 0.276. The molecule has 0 fully saturated rings. The molecule has 309 valence electrons. The molecular weight excluding hydrogens is 767 g/mol. The van der Waals surface area contributed by atoms with Crippen LogP contribution in [0.5, 0.6) is 0 Å². The van der Waals surface area contributed by atoms with Crippen LogP contribution in [0.4, 0.5) is 17.1 Å².